The number of nitrogens with zero attached hydrogens (tertiary/aromatic N) is 1. The van der Waals surface area contributed by atoms with Gasteiger partial charge in [0.1, 0.15) is 12.1 Å². The topological polar surface area (TPSA) is 78.5 Å². The van der Waals surface area contributed by atoms with E-state index in [9.17, 15) is 14.4 Å². The molecule has 4 amide bonds. The summed E-state index contributed by atoms with van der Waals surface area (Å²) >= 11 is 0. The minimum absolute atomic E-state index is 0.324. The van der Waals surface area contributed by atoms with Gasteiger partial charge in [0.05, 0.1) is 0 Å². The number of rotatable bonds is 4. The highest BCUT2D eigenvalue weighted by molar-refractivity contribution is 6.10. The summed E-state index contributed by atoms with van der Waals surface area (Å²) < 4.78 is 0. The Morgan fingerprint density at radius 1 is 0.906 bits per heavy atom. The SMILES string of the molecule is O=C(CN1C(=O)NC2(CCCc3ccccc32)C1=O)Nc1ccc(-c2ccccc2)cc1. The maximum atomic E-state index is 13.3. The van der Waals surface area contributed by atoms with Crippen LogP contribution >= 0.6 is 0 Å². The van der Waals surface area contributed by atoms with E-state index in [2.05, 4.69) is 10.6 Å². The van der Waals surface area contributed by atoms with Crippen molar-refractivity contribution in [2.24, 2.45) is 0 Å². The fourth-order valence-electron chi connectivity index (χ4n) is 4.68. The zero-order valence-corrected chi connectivity index (χ0v) is 17.5. The maximum Gasteiger partial charge on any atom is 0.325 e. The van der Waals surface area contributed by atoms with Crippen LogP contribution in [0.25, 0.3) is 11.1 Å². The molecule has 2 N–H and O–H groups in total. The third-order valence-corrected chi connectivity index (χ3v) is 6.23. The molecule has 6 nitrogen and oxygen atoms in total. The van der Waals surface area contributed by atoms with Gasteiger partial charge in [0.15, 0.2) is 0 Å². The van der Waals surface area contributed by atoms with Gasteiger partial charge in [0.2, 0.25) is 5.91 Å². The molecular formula is C26H23N3O3. The average Bonchev–Trinajstić information content (AvgIpc) is 3.05. The first-order chi connectivity index (χ1) is 15.6. The monoisotopic (exact) mass is 425 g/mol. The lowest BCUT2D eigenvalue weighted by Gasteiger charge is -2.33. The molecule has 6 heteroatoms. The van der Waals surface area contributed by atoms with Crippen molar-refractivity contribution in [3.05, 3.63) is 90.0 Å². The second-order valence-electron chi connectivity index (χ2n) is 8.23. The molecule has 1 aliphatic heterocycles. The number of carbonyl (C=O) groups excluding carboxylic acids is 3. The molecule has 0 radical (unpaired) electrons. The molecule has 3 aromatic carbocycles. The first kappa shape index (κ1) is 20.0. The van der Waals surface area contributed by atoms with E-state index in [1.807, 2.05) is 78.9 Å². The first-order valence-electron chi connectivity index (χ1n) is 10.7. The van der Waals surface area contributed by atoms with Crippen molar-refractivity contribution in [1.82, 2.24) is 10.2 Å². The van der Waals surface area contributed by atoms with Crippen molar-refractivity contribution in [3.8, 4) is 11.1 Å². The Morgan fingerprint density at radius 2 is 1.59 bits per heavy atom. The van der Waals surface area contributed by atoms with Gasteiger partial charge in [-0.15, -0.1) is 0 Å². The summed E-state index contributed by atoms with van der Waals surface area (Å²) in [5.74, 6) is -0.772. The summed E-state index contributed by atoms with van der Waals surface area (Å²) in [6, 6.07) is 24.6. The van der Waals surface area contributed by atoms with Crippen molar-refractivity contribution in [2.75, 3.05) is 11.9 Å². The Labute approximate surface area is 186 Å². The van der Waals surface area contributed by atoms with Crippen molar-refractivity contribution < 1.29 is 14.4 Å². The van der Waals surface area contributed by atoms with Gasteiger partial charge in [0.25, 0.3) is 5.91 Å². The predicted octanol–water partition coefficient (Wildman–Crippen LogP) is 4.08. The zero-order chi connectivity index (χ0) is 22.1. The van der Waals surface area contributed by atoms with E-state index in [0.29, 0.717) is 12.1 Å². The number of aryl methyl sites for hydroxylation is 1. The van der Waals surface area contributed by atoms with Crippen LogP contribution in [0.15, 0.2) is 78.9 Å². The largest absolute Gasteiger partial charge is 0.325 e. The van der Waals surface area contributed by atoms with Gasteiger partial charge in [-0.3, -0.25) is 14.5 Å². The quantitative estimate of drug-likeness (QED) is 0.619. The molecule has 5 rings (SSSR count). The summed E-state index contributed by atoms with van der Waals surface area (Å²) in [6.45, 7) is -0.324. The van der Waals surface area contributed by atoms with Gasteiger partial charge < -0.3 is 10.6 Å². The lowest BCUT2D eigenvalue weighted by molar-refractivity contribution is -0.134. The van der Waals surface area contributed by atoms with Crippen LogP contribution in [0.5, 0.6) is 0 Å². The summed E-state index contributed by atoms with van der Waals surface area (Å²) in [4.78, 5) is 39.6. The lowest BCUT2D eigenvalue weighted by atomic mass is 9.76. The Kier molecular flexibility index (Phi) is 4.98. The minimum Gasteiger partial charge on any atom is -0.325 e. The minimum atomic E-state index is -1.07. The number of nitrogens with one attached hydrogen (secondary N) is 2. The van der Waals surface area contributed by atoms with Crippen LogP contribution < -0.4 is 10.6 Å². The number of fused-ring (bicyclic) bond motifs is 2. The van der Waals surface area contributed by atoms with E-state index in [1.165, 1.54) is 0 Å². The van der Waals surface area contributed by atoms with Gasteiger partial charge in [-0.05, 0) is 53.6 Å². The highest BCUT2D eigenvalue weighted by Crippen LogP contribution is 2.39. The highest BCUT2D eigenvalue weighted by Gasteiger charge is 2.54. The van der Waals surface area contributed by atoms with Crippen molar-refractivity contribution in [3.63, 3.8) is 0 Å². The van der Waals surface area contributed by atoms with Crippen molar-refractivity contribution in [1.29, 1.82) is 0 Å². The van der Waals surface area contributed by atoms with E-state index >= 15 is 0 Å². The molecule has 1 aliphatic carbocycles. The van der Waals surface area contributed by atoms with Crippen LogP contribution in [0.3, 0.4) is 0 Å². The van der Waals surface area contributed by atoms with Gasteiger partial charge in [-0.2, -0.15) is 0 Å². The van der Waals surface area contributed by atoms with Crippen LogP contribution in [0, 0.1) is 0 Å². The average molecular weight is 425 g/mol. The number of anilines is 1. The normalized spacial score (nSPS) is 19.6. The molecule has 3 aromatic rings. The van der Waals surface area contributed by atoms with Gasteiger partial charge in [-0.1, -0.05) is 66.7 Å². The Morgan fingerprint density at radius 3 is 2.38 bits per heavy atom. The molecule has 1 heterocycles. The molecule has 1 spiro atoms. The Hall–Kier alpha value is -3.93. The third kappa shape index (κ3) is 3.43. The van der Waals surface area contributed by atoms with Crippen LogP contribution in [-0.2, 0) is 21.5 Å². The second-order valence-corrected chi connectivity index (χ2v) is 8.23. The lowest BCUT2D eigenvalue weighted by Crippen LogP contribution is -2.47. The Balaban J connectivity index is 1.29. The van der Waals surface area contributed by atoms with Crippen molar-refractivity contribution in [2.45, 2.75) is 24.8 Å². The van der Waals surface area contributed by atoms with Crippen LogP contribution in [-0.4, -0.2) is 29.3 Å². The molecule has 1 unspecified atom stereocenters. The fraction of sp³-hybridized carbons (Fsp3) is 0.192. The molecule has 32 heavy (non-hydrogen) atoms. The molecule has 2 aliphatic rings. The van der Waals surface area contributed by atoms with Gasteiger partial charge >= 0.3 is 6.03 Å². The first-order valence-corrected chi connectivity index (χ1v) is 10.7. The number of hydrogen-bond donors (Lipinski definition) is 2. The molecule has 0 saturated carbocycles. The van der Waals surface area contributed by atoms with E-state index in [0.717, 1.165) is 40.0 Å². The molecule has 1 atom stereocenters. The van der Waals surface area contributed by atoms with Crippen LogP contribution in [0.2, 0.25) is 0 Å². The summed E-state index contributed by atoms with van der Waals surface area (Å²) in [5, 5.41) is 5.66. The smallest absolute Gasteiger partial charge is 0.325 e. The third-order valence-electron chi connectivity index (χ3n) is 6.23. The fourth-order valence-corrected chi connectivity index (χ4v) is 4.68. The number of carbonyl (C=O) groups is 3. The Bertz CT molecular complexity index is 1190. The number of amides is 4. The summed E-state index contributed by atoms with van der Waals surface area (Å²) in [7, 11) is 0. The molecular weight excluding hydrogens is 402 g/mol. The van der Waals surface area contributed by atoms with Gasteiger partial charge in [0, 0.05) is 5.69 Å². The molecule has 1 saturated heterocycles. The second kappa shape index (κ2) is 7.96. The van der Waals surface area contributed by atoms with E-state index in [-0.39, 0.29) is 12.5 Å². The van der Waals surface area contributed by atoms with E-state index in [1.54, 1.807) is 0 Å². The number of urea groups is 1. The molecule has 1 fully saturated rings. The van der Waals surface area contributed by atoms with Crippen LogP contribution in [0.1, 0.15) is 24.0 Å². The highest BCUT2D eigenvalue weighted by atomic mass is 16.2. The predicted molar refractivity (Wildman–Crippen MR) is 122 cm³/mol. The summed E-state index contributed by atoms with van der Waals surface area (Å²) in [6.07, 6.45) is 2.21. The van der Waals surface area contributed by atoms with E-state index in [4.69, 9.17) is 0 Å². The maximum absolute atomic E-state index is 13.3. The molecule has 0 aromatic heterocycles. The van der Waals surface area contributed by atoms with Crippen molar-refractivity contribution >= 4 is 23.5 Å². The molecule has 160 valence electrons. The summed E-state index contributed by atoms with van der Waals surface area (Å²) in [5.41, 5.74) is 3.57. The number of hydrogen-bond acceptors (Lipinski definition) is 3. The number of imide groups is 1. The number of benzene rings is 3. The van der Waals surface area contributed by atoms with Gasteiger partial charge in [-0.25, -0.2) is 4.79 Å². The molecule has 0 bridgehead atoms. The standard InChI is InChI=1S/C26H23N3O3/c30-23(27-21-14-12-19(13-15-21)18-7-2-1-3-8-18)17-29-24(31)26(28-25(29)32)16-6-10-20-9-4-5-11-22(20)26/h1-5,7-9,11-15H,6,10,16-17H2,(H,27,30)(H,28,32). The zero-order valence-electron chi connectivity index (χ0n) is 17.5. The van der Waals surface area contributed by atoms with E-state index < -0.39 is 17.5 Å². The van der Waals surface area contributed by atoms with Crippen LogP contribution in [0.4, 0.5) is 10.5 Å².